The molecule has 1 saturated heterocycles. The predicted molar refractivity (Wildman–Crippen MR) is 83.0 cm³/mol. The van der Waals surface area contributed by atoms with E-state index < -0.39 is 23.7 Å². The van der Waals surface area contributed by atoms with Crippen LogP contribution in [0.2, 0.25) is 0 Å². The molecule has 0 aromatic heterocycles. The number of amides is 2. The van der Waals surface area contributed by atoms with Crippen molar-refractivity contribution in [1.82, 2.24) is 10.2 Å². The Balaban J connectivity index is 2.00. The first-order chi connectivity index (χ1) is 10.4. The number of hydrogen-bond acceptors (Lipinski definition) is 2. The molecule has 0 aliphatic carbocycles. The highest BCUT2D eigenvalue weighted by Crippen LogP contribution is 2.22. The van der Waals surface area contributed by atoms with E-state index in [-0.39, 0.29) is 12.6 Å². The van der Waals surface area contributed by atoms with Crippen molar-refractivity contribution in [1.29, 1.82) is 0 Å². The minimum Gasteiger partial charge on any atom is -0.481 e. The van der Waals surface area contributed by atoms with Crippen molar-refractivity contribution in [2.75, 3.05) is 13.1 Å². The largest absolute Gasteiger partial charge is 0.481 e. The SMILES string of the molecule is C[C@@H](NC(=O)N1CCCC(C(=O)O)C1)c1ccc(Br)cc1F. The number of nitrogens with one attached hydrogen (secondary N) is 1. The van der Waals surface area contributed by atoms with Crippen LogP contribution >= 0.6 is 15.9 Å². The van der Waals surface area contributed by atoms with Crippen LogP contribution in [0.3, 0.4) is 0 Å². The van der Waals surface area contributed by atoms with Gasteiger partial charge in [0.1, 0.15) is 5.82 Å². The first-order valence-corrected chi connectivity index (χ1v) is 7.91. The third kappa shape index (κ3) is 3.97. The molecule has 0 saturated carbocycles. The Kier molecular flexibility index (Phi) is 5.39. The fourth-order valence-corrected chi connectivity index (χ4v) is 2.90. The smallest absolute Gasteiger partial charge is 0.317 e. The summed E-state index contributed by atoms with van der Waals surface area (Å²) in [7, 11) is 0. The van der Waals surface area contributed by atoms with Gasteiger partial charge < -0.3 is 15.3 Å². The number of hydrogen-bond donors (Lipinski definition) is 2. The van der Waals surface area contributed by atoms with Crippen LogP contribution in [0, 0.1) is 11.7 Å². The number of carbonyl (C=O) groups excluding carboxylic acids is 1. The van der Waals surface area contributed by atoms with Crippen LogP contribution in [0.5, 0.6) is 0 Å². The van der Waals surface area contributed by atoms with Gasteiger partial charge >= 0.3 is 12.0 Å². The van der Waals surface area contributed by atoms with Gasteiger partial charge in [-0.3, -0.25) is 4.79 Å². The number of carboxylic acid groups (broad SMARTS) is 1. The Labute approximate surface area is 136 Å². The topological polar surface area (TPSA) is 69.6 Å². The third-order valence-electron chi connectivity index (χ3n) is 3.83. The minimum absolute atomic E-state index is 0.191. The fourth-order valence-electron chi connectivity index (χ4n) is 2.57. The third-order valence-corrected chi connectivity index (χ3v) is 4.32. The maximum atomic E-state index is 13.9. The highest BCUT2D eigenvalue weighted by molar-refractivity contribution is 9.10. The molecule has 2 N–H and O–H groups in total. The van der Waals surface area contributed by atoms with Gasteiger partial charge in [-0.25, -0.2) is 9.18 Å². The van der Waals surface area contributed by atoms with Gasteiger partial charge in [0, 0.05) is 23.1 Å². The molecule has 1 aromatic rings. The normalized spacial score (nSPS) is 19.6. The molecule has 1 fully saturated rings. The van der Waals surface area contributed by atoms with E-state index in [1.54, 1.807) is 19.1 Å². The highest BCUT2D eigenvalue weighted by Gasteiger charge is 2.28. The zero-order valence-electron chi connectivity index (χ0n) is 12.2. The number of benzene rings is 1. The van der Waals surface area contributed by atoms with Gasteiger partial charge in [0.15, 0.2) is 0 Å². The van der Waals surface area contributed by atoms with Crippen molar-refractivity contribution in [3.63, 3.8) is 0 Å². The monoisotopic (exact) mass is 372 g/mol. The average Bonchev–Trinajstić information content (AvgIpc) is 2.47. The van der Waals surface area contributed by atoms with Crippen LogP contribution in [0.15, 0.2) is 22.7 Å². The number of nitrogens with zero attached hydrogens (tertiary/aromatic N) is 1. The van der Waals surface area contributed by atoms with E-state index in [0.29, 0.717) is 29.4 Å². The van der Waals surface area contributed by atoms with Gasteiger partial charge in [-0.2, -0.15) is 0 Å². The van der Waals surface area contributed by atoms with E-state index in [4.69, 9.17) is 5.11 Å². The van der Waals surface area contributed by atoms with E-state index >= 15 is 0 Å². The van der Waals surface area contributed by atoms with Gasteiger partial charge in [0.2, 0.25) is 0 Å². The number of carboxylic acids is 1. The Morgan fingerprint density at radius 1 is 1.50 bits per heavy atom. The van der Waals surface area contributed by atoms with E-state index in [2.05, 4.69) is 21.2 Å². The summed E-state index contributed by atoms with van der Waals surface area (Å²) in [5.74, 6) is -1.81. The molecule has 0 radical (unpaired) electrons. The van der Waals surface area contributed by atoms with Crippen molar-refractivity contribution in [3.05, 3.63) is 34.1 Å². The summed E-state index contributed by atoms with van der Waals surface area (Å²) in [4.78, 5) is 24.7. The van der Waals surface area contributed by atoms with E-state index in [0.717, 1.165) is 0 Å². The molecule has 1 heterocycles. The van der Waals surface area contributed by atoms with Gasteiger partial charge in [-0.1, -0.05) is 22.0 Å². The Bertz CT molecular complexity index is 582. The lowest BCUT2D eigenvalue weighted by molar-refractivity contribution is -0.143. The van der Waals surface area contributed by atoms with Gasteiger partial charge in [-0.05, 0) is 31.9 Å². The lowest BCUT2D eigenvalue weighted by Gasteiger charge is -2.31. The quantitative estimate of drug-likeness (QED) is 0.855. The standard InChI is InChI=1S/C15H18BrFN2O3/c1-9(12-5-4-11(16)7-13(12)17)18-15(22)19-6-2-3-10(8-19)14(20)21/h4-5,7,9-10H,2-3,6,8H2,1H3,(H,18,22)(H,20,21)/t9-,10?/m1/s1. The first-order valence-electron chi connectivity index (χ1n) is 7.11. The van der Waals surface area contributed by atoms with Crippen molar-refractivity contribution in [2.45, 2.75) is 25.8 Å². The summed E-state index contributed by atoms with van der Waals surface area (Å²) >= 11 is 3.19. The van der Waals surface area contributed by atoms with Gasteiger partial charge in [-0.15, -0.1) is 0 Å². The number of carbonyl (C=O) groups is 2. The first kappa shape index (κ1) is 16.7. The number of urea groups is 1. The van der Waals surface area contributed by atoms with Crippen molar-refractivity contribution >= 4 is 27.9 Å². The molecule has 2 rings (SSSR count). The van der Waals surface area contributed by atoms with Crippen LogP contribution in [0.4, 0.5) is 9.18 Å². The summed E-state index contributed by atoms with van der Waals surface area (Å²) in [6, 6.07) is 3.81. The maximum Gasteiger partial charge on any atom is 0.317 e. The van der Waals surface area contributed by atoms with Crippen molar-refractivity contribution < 1.29 is 19.1 Å². The number of piperidine rings is 1. The molecule has 2 amide bonds. The van der Waals surface area contributed by atoms with Gasteiger partial charge in [0.05, 0.1) is 12.0 Å². The van der Waals surface area contributed by atoms with Crippen LogP contribution in [-0.2, 0) is 4.79 Å². The molecule has 0 bridgehead atoms. The second-order valence-corrected chi connectivity index (χ2v) is 6.38. The van der Waals surface area contributed by atoms with Crippen LogP contribution < -0.4 is 5.32 Å². The maximum absolute atomic E-state index is 13.9. The lowest BCUT2D eigenvalue weighted by Crippen LogP contribution is -2.47. The van der Waals surface area contributed by atoms with Gasteiger partial charge in [0.25, 0.3) is 0 Å². The van der Waals surface area contributed by atoms with Crippen LogP contribution in [0.1, 0.15) is 31.4 Å². The average molecular weight is 373 g/mol. The highest BCUT2D eigenvalue weighted by atomic mass is 79.9. The zero-order valence-corrected chi connectivity index (χ0v) is 13.8. The molecule has 0 spiro atoms. The van der Waals surface area contributed by atoms with E-state index in [9.17, 15) is 14.0 Å². The molecule has 1 aromatic carbocycles. The minimum atomic E-state index is -0.885. The Morgan fingerprint density at radius 2 is 2.23 bits per heavy atom. The molecule has 7 heteroatoms. The summed E-state index contributed by atoms with van der Waals surface area (Å²) in [5, 5.41) is 11.8. The predicted octanol–water partition coefficient (Wildman–Crippen LogP) is 3.16. The molecule has 1 unspecified atom stereocenters. The summed E-state index contributed by atoms with van der Waals surface area (Å²) in [6.45, 7) is 2.41. The molecule has 5 nitrogen and oxygen atoms in total. The summed E-state index contributed by atoms with van der Waals surface area (Å²) < 4.78 is 14.5. The van der Waals surface area contributed by atoms with E-state index in [1.165, 1.54) is 11.0 Å². The number of aliphatic carboxylic acids is 1. The Morgan fingerprint density at radius 3 is 2.86 bits per heavy atom. The molecular weight excluding hydrogens is 355 g/mol. The van der Waals surface area contributed by atoms with Crippen molar-refractivity contribution in [3.8, 4) is 0 Å². The molecule has 120 valence electrons. The fraction of sp³-hybridized carbons (Fsp3) is 0.467. The molecule has 1 aliphatic heterocycles. The summed E-state index contributed by atoms with van der Waals surface area (Å²) in [6.07, 6.45) is 1.24. The number of halogens is 2. The number of likely N-dealkylation sites (tertiary alicyclic amines) is 1. The molecule has 1 aliphatic rings. The lowest BCUT2D eigenvalue weighted by atomic mass is 9.98. The second-order valence-electron chi connectivity index (χ2n) is 5.46. The van der Waals surface area contributed by atoms with Crippen LogP contribution in [0.25, 0.3) is 0 Å². The molecular formula is C15H18BrFN2O3. The second kappa shape index (κ2) is 7.09. The molecule has 22 heavy (non-hydrogen) atoms. The Hall–Kier alpha value is -1.63. The van der Waals surface area contributed by atoms with Crippen LogP contribution in [-0.4, -0.2) is 35.1 Å². The molecule has 2 atom stereocenters. The summed E-state index contributed by atoms with van der Waals surface area (Å²) in [5.41, 5.74) is 0.392. The van der Waals surface area contributed by atoms with E-state index in [1.807, 2.05) is 0 Å². The number of rotatable bonds is 3. The van der Waals surface area contributed by atoms with Crippen molar-refractivity contribution in [2.24, 2.45) is 5.92 Å². The zero-order chi connectivity index (χ0) is 16.3.